The molecule has 24 heavy (non-hydrogen) atoms. The van der Waals surface area contributed by atoms with Crippen molar-refractivity contribution in [2.24, 2.45) is 0 Å². The van der Waals surface area contributed by atoms with Crippen LogP contribution in [0.2, 0.25) is 0 Å². The lowest BCUT2D eigenvalue weighted by molar-refractivity contribution is -0.116. The molecule has 122 valence electrons. The minimum atomic E-state index is -0.121. The van der Waals surface area contributed by atoms with Gasteiger partial charge in [0, 0.05) is 33.2 Å². The fraction of sp³-hybridized carbons (Fsp3) is 0.158. The molecule has 4 nitrogen and oxygen atoms in total. The maximum Gasteiger partial charge on any atom is 0.244 e. The third-order valence-corrected chi connectivity index (χ3v) is 4.56. The van der Waals surface area contributed by atoms with E-state index in [0.29, 0.717) is 5.56 Å². The van der Waals surface area contributed by atoms with E-state index in [-0.39, 0.29) is 18.2 Å². The normalized spacial score (nSPS) is 10.8. The predicted molar refractivity (Wildman–Crippen MR) is 98.8 cm³/mol. The minimum absolute atomic E-state index is 0.00182. The Bertz CT molecular complexity index is 915. The Morgan fingerprint density at radius 2 is 1.92 bits per heavy atom. The number of aromatic nitrogens is 1. The van der Waals surface area contributed by atoms with Crippen LogP contribution in [0, 0.1) is 0 Å². The fourth-order valence-electron chi connectivity index (χ4n) is 2.71. The predicted octanol–water partition coefficient (Wildman–Crippen LogP) is 4.20. The van der Waals surface area contributed by atoms with Crippen LogP contribution in [0.1, 0.15) is 17.3 Å². The smallest absolute Gasteiger partial charge is 0.244 e. The quantitative estimate of drug-likeness (QED) is 0.560. The molecule has 2 aromatic carbocycles. The number of Topliss-reactive ketones (excluding diaryl/α,β-unsaturated/α-hetero) is 1. The number of benzene rings is 2. The molecule has 0 atom stereocenters. The van der Waals surface area contributed by atoms with E-state index >= 15 is 0 Å². The highest BCUT2D eigenvalue weighted by Gasteiger charge is 2.13. The van der Waals surface area contributed by atoms with Crippen LogP contribution in [-0.2, 0) is 11.3 Å². The summed E-state index contributed by atoms with van der Waals surface area (Å²) in [5, 5.41) is 3.79. The van der Waals surface area contributed by atoms with Crippen molar-refractivity contribution in [3.8, 4) is 0 Å². The Hall–Kier alpha value is -2.53. The molecule has 5 heteroatoms. The van der Waals surface area contributed by atoms with E-state index in [2.05, 4.69) is 5.32 Å². The van der Waals surface area contributed by atoms with Gasteiger partial charge in [-0.1, -0.05) is 24.3 Å². The third kappa shape index (κ3) is 3.36. The maximum atomic E-state index is 12.4. The molecular weight excluding hydrogens is 320 g/mol. The van der Waals surface area contributed by atoms with E-state index < -0.39 is 0 Å². The molecule has 0 saturated heterocycles. The number of thioether (sulfide) groups is 1. The molecule has 1 amide bonds. The van der Waals surface area contributed by atoms with Crippen LogP contribution in [0.4, 0.5) is 5.69 Å². The zero-order valence-corrected chi connectivity index (χ0v) is 14.4. The van der Waals surface area contributed by atoms with Gasteiger partial charge in [-0.2, -0.15) is 0 Å². The summed E-state index contributed by atoms with van der Waals surface area (Å²) in [5.41, 5.74) is 2.30. The summed E-state index contributed by atoms with van der Waals surface area (Å²) in [6, 6.07) is 15.4. The van der Waals surface area contributed by atoms with Gasteiger partial charge in [-0.05, 0) is 37.4 Å². The molecule has 0 radical (unpaired) electrons. The fourth-order valence-corrected chi connectivity index (χ4v) is 3.17. The number of fused-ring (bicyclic) bond motifs is 1. The van der Waals surface area contributed by atoms with Crippen LogP contribution < -0.4 is 5.32 Å². The summed E-state index contributed by atoms with van der Waals surface area (Å²) in [7, 11) is 0. The van der Waals surface area contributed by atoms with Gasteiger partial charge < -0.3 is 9.88 Å². The van der Waals surface area contributed by atoms with Gasteiger partial charge in [0.2, 0.25) is 5.91 Å². The molecule has 0 bridgehead atoms. The van der Waals surface area contributed by atoms with Crippen molar-refractivity contribution < 1.29 is 9.59 Å². The zero-order chi connectivity index (χ0) is 17.1. The second kappa shape index (κ2) is 6.93. The van der Waals surface area contributed by atoms with Crippen molar-refractivity contribution in [2.75, 3.05) is 11.6 Å². The van der Waals surface area contributed by atoms with Crippen molar-refractivity contribution in [1.82, 2.24) is 4.57 Å². The summed E-state index contributed by atoms with van der Waals surface area (Å²) in [5.74, 6) is -0.123. The van der Waals surface area contributed by atoms with Crippen LogP contribution in [-0.4, -0.2) is 22.5 Å². The number of hydrogen-bond acceptors (Lipinski definition) is 3. The van der Waals surface area contributed by atoms with Crippen molar-refractivity contribution in [1.29, 1.82) is 0 Å². The molecule has 0 fully saturated rings. The molecule has 0 saturated carbocycles. The highest BCUT2D eigenvalue weighted by atomic mass is 32.2. The van der Waals surface area contributed by atoms with Gasteiger partial charge >= 0.3 is 0 Å². The van der Waals surface area contributed by atoms with E-state index in [1.807, 2.05) is 59.4 Å². The maximum absolute atomic E-state index is 12.4. The molecule has 1 N–H and O–H groups in total. The number of nitrogens with one attached hydrogen (secondary N) is 1. The number of para-hydroxylation sites is 1. The Kier molecular flexibility index (Phi) is 4.71. The van der Waals surface area contributed by atoms with Crippen LogP contribution >= 0.6 is 11.8 Å². The second-order valence-electron chi connectivity index (χ2n) is 5.52. The molecule has 0 spiro atoms. The van der Waals surface area contributed by atoms with Gasteiger partial charge in [0.1, 0.15) is 6.54 Å². The van der Waals surface area contributed by atoms with Gasteiger partial charge in [0.15, 0.2) is 5.78 Å². The molecule has 1 heterocycles. The van der Waals surface area contributed by atoms with Gasteiger partial charge in [-0.15, -0.1) is 11.8 Å². The number of rotatable bonds is 5. The first-order valence-corrected chi connectivity index (χ1v) is 8.83. The number of carbonyl (C=O) groups excluding carboxylic acids is 2. The number of ketones is 1. The van der Waals surface area contributed by atoms with Crippen LogP contribution in [0.15, 0.2) is 59.6 Å². The van der Waals surface area contributed by atoms with E-state index in [1.165, 1.54) is 0 Å². The van der Waals surface area contributed by atoms with Gasteiger partial charge in [0.05, 0.1) is 0 Å². The number of hydrogen-bond donors (Lipinski definition) is 1. The Labute approximate surface area is 144 Å². The third-order valence-electron chi connectivity index (χ3n) is 3.84. The van der Waals surface area contributed by atoms with Gasteiger partial charge in [-0.25, -0.2) is 0 Å². The van der Waals surface area contributed by atoms with Crippen molar-refractivity contribution in [2.45, 2.75) is 18.4 Å². The monoisotopic (exact) mass is 338 g/mol. The first-order valence-electron chi connectivity index (χ1n) is 7.61. The molecule has 1 aromatic heterocycles. The number of amides is 1. The number of anilines is 1. The molecule has 0 aliphatic rings. The summed E-state index contributed by atoms with van der Waals surface area (Å²) < 4.78 is 1.82. The topological polar surface area (TPSA) is 51.1 Å². The van der Waals surface area contributed by atoms with E-state index in [1.54, 1.807) is 24.9 Å². The van der Waals surface area contributed by atoms with Gasteiger partial charge in [0.25, 0.3) is 0 Å². The first-order chi connectivity index (χ1) is 11.6. The van der Waals surface area contributed by atoms with Crippen LogP contribution in [0.3, 0.4) is 0 Å². The molecule has 3 aromatic rings. The summed E-state index contributed by atoms with van der Waals surface area (Å²) in [4.78, 5) is 25.3. The van der Waals surface area contributed by atoms with E-state index in [9.17, 15) is 9.59 Å². The zero-order valence-electron chi connectivity index (χ0n) is 13.6. The molecule has 0 unspecified atom stereocenters. The summed E-state index contributed by atoms with van der Waals surface area (Å²) in [6.07, 6.45) is 3.75. The standard InChI is InChI=1S/C19H18N2O2S/c1-13(22)17-11-21(18-9-4-3-8-16(17)18)12-19(23)20-14-6-5-7-15(10-14)24-2/h3-11H,12H2,1-2H3,(H,20,23). The lowest BCUT2D eigenvalue weighted by Gasteiger charge is -2.08. The van der Waals surface area contributed by atoms with E-state index in [4.69, 9.17) is 0 Å². The number of nitrogens with zero attached hydrogens (tertiary/aromatic N) is 1. The molecule has 0 aliphatic carbocycles. The van der Waals surface area contributed by atoms with Crippen molar-refractivity contribution in [3.63, 3.8) is 0 Å². The van der Waals surface area contributed by atoms with Crippen LogP contribution in [0.25, 0.3) is 10.9 Å². The lowest BCUT2D eigenvalue weighted by Crippen LogP contribution is -2.18. The second-order valence-corrected chi connectivity index (χ2v) is 6.40. The first kappa shape index (κ1) is 16.3. The largest absolute Gasteiger partial charge is 0.337 e. The van der Waals surface area contributed by atoms with Crippen LogP contribution in [0.5, 0.6) is 0 Å². The molecule has 3 rings (SSSR count). The molecular formula is C19H18N2O2S. The minimum Gasteiger partial charge on any atom is -0.337 e. The summed E-state index contributed by atoms with van der Waals surface area (Å²) in [6.45, 7) is 1.71. The Balaban J connectivity index is 1.84. The number of carbonyl (C=O) groups is 2. The highest BCUT2D eigenvalue weighted by Crippen LogP contribution is 2.22. The molecule has 0 aliphatic heterocycles. The Morgan fingerprint density at radius 3 is 2.67 bits per heavy atom. The SMILES string of the molecule is CSc1cccc(NC(=O)Cn2cc(C(C)=O)c3ccccc32)c1. The average Bonchev–Trinajstić information content (AvgIpc) is 2.94. The van der Waals surface area contributed by atoms with E-state index in [0.717, 1.165) is 21.5 Å². The summed E-state index contributed by atoms with van der Waals surface area (Å²) >= 11 is 1.63. The average molecular weight is 338 g/mol. The van der Waals surface area contributed by atoms with Crippen molar-refractivity contribution in [3.05, 3.63) is 60.3 Å². The van der Waals surface area contributed by atoms with Crippen molar-refractivity contribution >= 4 is 40.0 Å². The highest BCUT2D eigenvalue weighted by molar-refractivity contribution is 7.98. The Morgan fingerprint density at radius 1 is 1.12 bits per heavy atom. The lowest BCUT2D eigenvalue weighted by atomic mass is 10.1. The van der Waals surface area contributed by atoms with Gasteiger partial charge in [-0.3, -0.25) is 9.59 Å².